The van der Waals surface area contributed by atoms with Crippen molar-refractivity contribution in [2.75, 3.05) is 45.3 Å². The van der Waals surface area contributed by atoms with Crippen LogP contribution < -0.4 is 14.4 Å². The molecule has 3 aromatic rings. The maximum atomic E-state index is 12.9. The lowest BCUT2D eigenvalue weighted by atomic mass is 10.1. The van der Waals surface area contributed by atoms with E-state index in [0.29, 0.717) is 31.0 Å². The van der Waals surface area contributed by atoms with E-state index in [1.54, 1.807) is 20.4 Å². The fraction of sp³-hybridized carbons (Fsp3) is 0.375. The molecular formula is C24H29N5O3. The first-order valence-corrected chi connectivity index (χ1v) is 10.7. The fourth-order valence-electron chi connectivity index (χ4n) is 4.25. The molecule has 8 nitrogen and oxygen atoms in total. The van der Waals surface area contributed by atoms with Crippen LogP contribution in [0.15, 0.2) is 42.6 Å². The number of rotatable bonds is 6. The first-order chi connectivity index (χ1) is 15.5. The minimum absolute atomic E-state index is 0.120. The number of anilines is 1. The average Bonchev–Trinajstić information content (AvgIpc) is 3.13. The number of amides is 1. The molecule has 4 rings (SSSR count). The summed E-state index contributed by atoms with van der Waals surface area (Å²) in [6.07, 6.45) is 2.12. The van der Waals surface area contributed by atoms with Crippen LogP contribution in [-0.2, 0) is 11.2 Å². The van der Waals surface area contributed by atoms with Crippen molar-refractivity contribution in [1.82, 2.24) is 19.7 Å². The number of piperazine rings is 1. The molecule has 0 unspecified atom stereocenters. The largest absolute Gasteiger partial charge is 0.493 e. The molecule has 1 aliphatic rings. The van der Waals surface area contributed by atoms with Gasteiger partial charge in [-0.3, -0.25) is 4.79 Å². The topological polar surface area (TPSA) is 72.7 Å². The highest BCUT2D eigenvalue weighted by molar-refractivity contribution is 5.79. The summed E-state index contributed by atoms with van der Waals surface area (Å²) in [5.41, 5.74) is 4.07. The van der Waals surface area contributed by atoms with Crippen molar-refractivity contribution in [2.24, 2.45) is 0 Å². The summed E-state index contributed by atoms with van der Waals surface area (Å²) in [5, 5.41) is 4.71. The first-order valence-electron chi connectivity index (χ1n) is 10.7. The number of aromatic nitrogens is 3. The third-order valence-electron chi connectivity index (χ3n) is 5.87. The van der Waals surface area contributed by atoms with Crippen molar-refractivity contribution < 1.29 is 14.3 Å². The van der Waals surface area contributed by atoms with Gasteiger partial charge in [-0.2, -0.15) is 5.10 Å². The number of carbonyl (C=O) groups is 1. The lowest BCUT2D eigenvalue weighted by Gasteiger charge is -2.36. The number of methoxy groups -OCH3 is 2. The summed E-state index contributed by atoms with van der Waals surface area (Å²) in [5.74, 6) is 2.23. The van der Waals surface area contributed by atoms with E-state index in [9.17, 15) is 4.79 Å². The number of ether oxygens (including phenoxy) is 2. The van der Waals surface area contributed by atoms with E-state index >= 15 is 0 Å². The van der Waals surface area contributed by atoms with E-state index in [1.165, 1.54) is 0 Å². The molecule has 0 bridgehead atoms. The van der Waals surface area contributed by atoms with Crippen molar-refractivity contribution in [3.05, 3.63) is 59.5 Å². The molecule has 168 valence electrons. The summed E-state index contributed by atoms with van der Waals surface area (Å²) < 4.78 is 12.5. The Balaban J connectivity index is 1.41. The second-order valence-corrected chi connectivity index (χ2v) is 7.85. The summed E-state index contributed by atoms with van der Waals surface area (Å²) in [6, 6.07) is 11.4. The third kappa shape index (κ3) is 4.26. The van der Waals surface area contributed by atoms with Crippen LogP contribution in [0.5, 0.6) is 11.5 Å². The lowest BCUT2D eigenvalue weighted by Crippen LogP contribution is -2.49. The van der Waals surface area contributed by atoms with E-state index in [1.807, 2.05) is 52.9 Å². The van der Waals surface area contributed by atoms with E-state index in [2.05, 4.69) is 16.8 Å². The smallest absolute Gasteiger partial charge is 0.227 e. The molecule has 0 spiro atoms. The Labute approximate surface area is 188 Å². The number of carbonyl (C=O) groups excluding carboxylic acids is 1. The molecule has 0 atom stereocenters. The lowest BCUT2D eigenvalue weighted by molar-refractivity contribution is -0.130. The monoisotopic (exact) mass is 435 g/mol. The van der Waals surface area contributed by atoms with Crippen LogP contribution >= 0.6 is 0 Å². The van der Waals surface area contributed by atoms with Gasteiger partial charge >= 0.3 is 0 Å². The van der Waals surface area contributed by atoms with Crippen LogP contribution in [0, 0.1) is 13.8 Å². The zero-order chi connectivity index (χ0) is 22.7. The summed E-state index contributed by atoms with van der Waals surface area (Å²) in [6.45, 7) is 7.00. The number of hydrogen-bond donors (Lipinski definition) is 0. The molecule has 1 amide bonds. The second kappa shape index (κ2) is 9.30. The van der Waals surface area contributed by atoms with E-state index in [4.69, 9.17) is 14.6 Å². The van der Waals surface area contributed by atoms with Gasteiger partial charge < -0.3 is 19.3 Å². The van der Waals surface area contributed by atoms with Gasteiger partial charge in [0.05, 0.1) is 37.7 Å². The normalized spacial score (nSPS) is 13.9. The molecule has 1 aromatic carbocycles. The van der Waals surface area contributed by atoms with Gasteiger partial charge in [-0.1, -0.05) is 12.1 Å². The van der Waals surface area contributed by atoms with E-state index < -0.39 is 0 Å². The molecule has 0 radical (unpaired) electrons. The quantitative estimate of drug-likeness (QED) is 0.593. The average molecular weight is 436 g/mol. The molecule has 1 saturated heterocycles. The maximum absolute atomic E-state index is 12.9. The molecule has 2 aromatic heterocycles. The van der Waals surface area contributed by atoms with Crippen molar-refractivity contribution in [3.8, 4) is 17.3 Å². The maximum Gasteiger partial charge on any atom is 0.227 e. The molecule has 0 N–H and O–H groups in total. The SMILES string of the molecule is COc1ccc(CC(=O)N2CCN(c3c(C)nn(-c4ccccn4)c3C)CC2)cc1OC. The van der Waals surface area contributed by atoms with Gasteiger partial charge in [0, 0.05) is 32.4 Å². The Morgan fingerprint density at radius 1 is 1.00 bits per heavy atom. The van der Waals surface area contributed by atoms with Gasteiger partial charge in [0.2, 0.25) is 5.91 Å². The third-order valence-corrected chi connectivity index (χ3v) is 5.87. The molecule has 8 heteroatoms. The van der Waals surface area contributed by atoms with Crippen LogP contribution in [0.2, 0.25) is 0 Å². The molecular weight excluding hydrogens is 406 g/mol. The van der Waals surface area contributed by atoms with Crippen LogP contribution in [0.1, 0.15) is 17.0 Å². The first kappa shape index (κ1) is 21.7. The van der Waals surface area contributed by atoms with Crippen molar-refractivity contribution >= 4 is 11.6 Å². The fourth-order valence-corrected chi connectivity index (χ4v) is 4.25. The van der Waals surface area contributed by atoms with Crippen LogP contribution in [-0.4, -0.2) is 66.0 Å². The van der Waals surface area contributed by atoms with Gasteiger partial charge in [0.15, 0.2) is 17.3 Å². The number of nitrogens with zero attached hydrogens (tertiary/aromatic N) is 5. The Kier molecular flexibility index (Phi) is 6.30. The standard InChI is InChI=1S/C24H29N5O3/c1-17-24(18(2)29(26-17)22-7-5-6-10-25-22)28-13-11-27(12-14-28)23(30)16-19-8-9-20(31-3)21(15-19)32-4/h5-10,15H,11-14,16H2,1-4H3. The van der Waals surface area contributed by atoms with Crippen LogP contribution in [0.25, 0.3) is 5.82 Å². The predicted octanol–water partition coefficient (Wildman–Crippen LogP) is 2.79. The zero-order valence-corrected chi connectivity index (χ0v) is 19.0. The highest BCUT2D eigenvalue weighted by Gasteiger charge is 2.26. The van der Waals surface area contributed by atoms with Gasteiger partial charge in [0.25, 0.3) is 0 Å². The molecule has 1 aliphatic heterocycles. The van der Waals surface area contributed by atoms with Gasteiger partial charge in [-0.25, -0.2) is 9.67 Å². The van der Waals surface area contributed by atoms with Crippen LogP contribution in [0.3, 0.4) is 0 Å². The number of aryl methyl sites for hydroxylation is 1. The molecule has 0 aliphatic carbocycles. The zero-order valence-electron chi connectivity index (χ0n) is 19.0. The minimum atomic E-state index is 0.120. The summed E-state index contributed by atoms with van der Waals surface area (Å²) >= 11 is 0. The number of pyridine rings is 1. The van der Waals surface area contributed by atoms with E-state index in [0.717, 1.165) is 41.5 Å². The number of hydrogen-bond acceptors (Lipinski definition) is 6. The van der Waals surface area contributed by atoms with Crippen LogP contribution in [0.4, 0.5) is 5.69 Å². The van der Waals surface area contributed by atoms with Gasteiger partial charge in [0.1, 0.15) is 0 Å². The van der Waals surface area contributed by atoms with Crippen molar-refractivity contribution in [2.45, 2.75) is 20.3 Å². The second-order valence-electron chi connectivity index (χ2n) is 7.85. The minimum Gasteiger partial charge on any atom is -0.493 e. The van der Waals surface area contributed by atoms with Gasteiger partial charge in [-0.05, 0) is 43.7 Å². The summed E-state index contributed by atoms with van der Waals surface area (Å²) in [7, 11) is 3.20. The highest BCUT2D eigenvalue weighted by Crippen LogP contribution is 2.29. The highest BCUT2D eigenvalue weighted by atomic mass is 16.5. The Morgan fingerprint density at radius 3 is 2.41 bits per heavy atom. The Hall–Kier alpha value is -3.55. The van der Waals surface area contributed by atoms with Crippen molar-refractivity contribution in [1.29, 1.82) is 0 Å². The Morgan fingerprint density at radius 2 is 1.75 bits per heavy atom. The summed E-state index contributed by atoms with van der Waals surface area (Å²) in [4.78, 5) is 21.6. The van der Waals surface area contributed by atoms with E-state index in [-0.39, 0.29) is 5.91 Å². The number of benzene rings is 1. The molecule has 1 fully saturated rings. The molecule has 0 saturated carbocycles. The predicted molar refractivity (Wildman–Crippen MR) is 123 cm³/mol. The Bertz CT molecular complexity index is 1090. The van der Waals surface area contributed by atoms with Crippen molar-refractivity contribution in [3.63, 3.8) is 0 Å². The molecule has 3 heterocycles. The van der Waals surface area contributed by atoms with Gasteiger partial charge in [-0.15, -0.1) is 0 Å². The molecule has 32 heavy (non-hydrogen) atoms.